The molecule has 1 aromatic carbocycles. The van der Waals surface area contributed by atoms with Crippen molar-refractivity contribution >= 4 is 22.3 Å². The van der Waals surface area contributed by atoms with E-state index in [0.29, 0.717) is 0 Å². The number of aryl methyl sites for hydroxylation is 1. The second-order valence-electron chi connectivity index (χ2n) is 6.60. The molecule has 2 aromatic heterocycles. The second-order valence-corrected chi connectivity index (χ2v) is 7.46. The minimum Gasteiger partial charge on any atom is -0.454 e. The molecule has 0 radical (unpaired) electrons. The van der Waals surface area contributed by atoms with Crippen LogP contribution in [0.3, 0.4) is 0 Å². The Hall–Kier alpha value is -1.65. The van der Waals surface area contributed by atoms with Crippen molar-refractivity contribution in [3.63, 3.8) is 0 Å². The third kappa shape index (κ3) is 3.08. The van der Waals surface area contributed by atoms with Gasteiger partial charge in [-0.15, -0.1) is 11.3 Å². The second kappa shape index (κ2) is 5.86. The summed E-state index contributed by atoms with van der Waals surface area (Å²) in [6.07, 6.45) is 1.68. The third-order valence-electron chi connectivity index (χ3n) is 3.69. The van der Waals surface area contributed by atoms with Gasteiger partial charge in [-0.05, 0) is 36.6 Å². The Kier molecular flexibility index (Phi) is 4.06. The van der Waals surface area contributed by atoms with Crippen molar-refractivity contribution in [3.8, 4) is 10.8 Å². The molecule has 0 atom stereocenters. The molecule has 0 bridgehead atoms. The van der Waals surface area contributed by atoms with Gasteiger partial charge in [0.1, 0.15) is 5.58 Å². The highest BCUT2D eigenvalue weighted by Gasteiger charge is 2.19. The molecule has 0 amide bonds. The molecule has 0 saturated carbocycles. The van der Waals surface area contributed by atoms with E-state index in [1.54, 1.807) is 11.3 Å². The average molecular weight is 315 g/mol. The van der Waals surface area contributed by atoms with Gasteiger partial charge in [-0.1, -0.05) is 26.8 Å². The summed E-state index contributed by atoms with van der Waals surface area (Å²) in [5.74, 6) is 0.829. The number of aliphatic hydroxyl groups excluding tert-OH is 1. The number of nitrogens with zero attached hydrogens (tertiary/aromatic N) is 1. The maximum absolute atomic E-state index is 8.94. The molecule has 4 heteroatoms. The Labute approximate surface area is 134 Å². The topological polar surface area (TPSA) is 46.3 Å². The van der Waals surface area contributed by atoms with E-state index in [-0.39, 0.29) is 12.0 Å². The van der Waals surface area contributed by atoms with Gasteiger partial charge in [0.15, 0.2) is 10.8 Å². The van der Waals surface area contributed by atoms with Gasteiger partial charge >= 0.3 is 0 Å². The maximum atomic E-state index is 8.94. The molecule has 0 fully saturated rings. The van der Waals surface area contributed by atoms with E-state index >= 15 is 0 Å². The van der Waals surface area contributed by atoms with Crippen LogP contribution in [0.4, 0.5) is 0 Å². The summed E-state index contributed by atoms with van der Waals surface area (Å²) < 4.78 is 5.94. The average Bonchev–Trinajstić information content (AvgIpc) is 3.10. The molecular weight excluding hydrogens is 294 g/mol. The van der Waals surface area contributed by atoms with Crippen molar-refractivity contribution in [3.05, 3.63) is 40.9 Å². The molecule has 3 aromatic rings. The van der Waals surface area contributed by atoms with Gasteiger partial charge < -0.3 is 9.52 Å². The van der Waals surface area contributed by atoms with E-state index in [9.17, 15) is 0 Å². The number of benzene rings is 1. The van der Waals surface area contributed by atoms with Crippen molar-refractivity contribution in [1.82, 2.24) is 4.98 Å². The van der Waals surface area contributed by atoms with Crippen molar-refractivity contribution < 1.29 is 9.52 Å². The van der Waals surface area contributed by atoms with E-state index in [4.69, 9.17) is 14.5 Å². The van der Waals surface area contributed by atoms with Crippen LogP contribution in [-0.2, 0) is 11.8 Å². The summed E-state index contributed by atoms with van der Waals surface area (Å²) in [6, 6.07) is 8.26. The molecule has 2 heterocycles. The predicted octanol–water partition coefficient (Wildman–Crippen LogP) is 4.78. The lowest BCUT2D eigenvalue weighted by atomic mass is 9.93. The van der Waals surface area contributed by atoms with E-state index in [1.807, 2.05) is 6.07 Å². The number of hydrogen-bond acceptors (Lipinski definition) is 4. The molecule has 22 heavy (non-hydrogen) atoms. The molecule has 3 rings (SSSR count). The quantitative estimate of drug-likeness (QED) is 0.753. The summed E-state index contributed by atoms with van der Waals surface area (Å²) in [5.41, 5.74) is 3.26. The van der Waals surface area contributed by atoms with Crippen LogP contribution in [-0.4, -0.2) is 16.7 Å². The summed E-state index contributed by atoms with van der Waals surface area (Å²) in [6.45, 7) is 6.72. The first-order valence-corrected chi connectivity index (χ1v) is 8.45. The molecule has 0 saturated heterocycles. The summed E-state index contributed by atoms with van der Waals surface area (Å²) in [4.78, 5) is 4.71. The van der Waals surface area contributed by atoms with Crippen LogP contribution in [0.25, 0.3) is 21.7 Å². The fourth-order valence-electron chi connectivity index (χ4n) is 2.37. The lowest BCUT2D eigenvalue weighted by molar-refractivity contribution is 0.288. The minimum atomic E-state index is 0.0538. The van der Waals surface area contributed by atoms with Crippen LogP contribution < -0.4 is 0 Å². The Bertz CT molecular complexity index is 780. The van der Waals surface area contributed by atoms with Gasteiger partial charge in [0.05, 0.1) is 5.69 Å². The first kappa shape index (κ1) is 15.3. The van der Waals surface area contributed by atoms with Crippen LogP contribution in [0.1, 0.15) is 38.4 Å². The number of aromatic nitrogens is 1. The molecular formula is C18H21NO2S. The molecule has 0 unspecified atom stereocenters. The van der Waals surface area contributed by atoms with Crippen LogP contribution in [0, 0.1) is 0 Å². The van der Waals surface area contributed by atoms with Gasteiger partial charge in [-0.3, -0.25) is 0 Å². The Morgan fingerprint density at radius 3 is 2.73 bits per heavy atom. The maximum Gasteiger partial charge on any atom is 0.164 e. The Balaban J connectivity index is 1.93. The van der Waals surface area contributed by atoms with Gasteiger partial charge in [0, 0.05) is 22.8 Å². The molecule has 0 aliphatic carbocycles. The number of hydrogen-bond donors (Lipinski definition) is 1. The monoisotopic (exact) mass is 315 g/mol. The predicted molar refractivity (Wildman–Crippen MR) is 91.4 cm³/mol. The SMILES string of the molecule is CC(C)(C)c1csc(-c2cc3cc(CCCO)ccc3o2)n1. The van der Waals surface area contributed by atoms with E-state index in [2.05, 4.69) is 44.4 Å². The van der Waals surface area contributed by atoms with Crippen LogP contribution >= 0.6 is 11.3 Å². The number of thiazole rings is 1. The molecule has 0 spiro atoms. The highest BCUT2D eigenvalue weighted by atomic mass is 32.1. The highest BCUT2D eigenvalue weighted by molar-refractivity contribution is 7.13. The van der Waals surface area contributed by atoms with Crippen molar-refractivity contribution in [2.75, 3.05) is 6.61 Å². The molecule has 0 aliphatic heterocycles. The first-order chi connectivity index (χ1) is 10.5. The molecule has 3 nitrogen and oxygen atoms in total. The number of aliphatic hydroxyl groups is 1. The largest absolute Gasteiger partial charge is 0.454 e. The minimum absolute atomic E-state index is 0.0538. The Morgan fingerprint density at radius 2 is 2.05 bits per heavy atom. The standard InChI is InChI=1S/C18H21NO2S/c1-18(2,3)16-11-22-17(19-16)15-10-13-9-12(5-4-8-20)6-7-14(13)21-15/h6-7,9-11,20H,4-5,8H2,1-3H3. The summed E-state index contributed by atoms with van der Waals surface area (Å²) in [5, 5.41) is 13.1. The zero-order valence-corrected chi connectivity index (χ0v) is 14.0. The van der Waals surface area contributed by atoms with Gasteiger partial charge in [0.25, 0.3) is 0 Å². The normalized spacial score (nSPS) is 12.2. The fraction of sp³-hybridized carbons (Fsp3) is 0.389. The Morgan fingerprint density at radius 1 is 1.23 bits per heavy atom. The van der Waals surface area contributed by atoms with Crippen molar-refractivity contribution in [2.45, 2.75) is 39.0 Å². The van der Waals surface area contributed by atoms with Gasteiger partial charge in [0.2, 0.25) is 0 Å². The van der Waals surface area contributed by atoms with Crippen LogP contribution in [0.2, 0.25) is 0 Å². The summed E-state index contributed by atoms with van der Waals surface area (Å²) >= 11 is 1.62. The van der Waals surface area contributed by atoms with E-state index in [0.717, 1.165) is 40.3 Å². The van der Waals surface area contributed by atoms with Gasteiger partial charge in [-0.25, -0.2) is 4.98 Å². The van der Waals surface area contributed by atoms with Crippen molar-refractivity contribution in [2.24, 2.45) is 0 Å². The molecule has 0 aliphatic rings. The fourth-order valence-corrected chi connectivity index (χ4v) is 3.37. The van der Waals surface area contributed by atoms with Crippen LogP contribution in [0.15, 0.2) is 34.1 Å². The number of fused-ring (bicyclic) bond motifs is 1. The lowest BCUT2D eigenvalue weighted by Gasteiger charge is -2.13. The zero-order valence-electron chi connectivity index (χ0n) is 13.2. The summed E-state index contributed by atoms with van der Waals surface area (Å²) in [7, 11) is 0. The van der Waals surface area contributed by atoms with E-state index in [1.165, 1.54) is 5.56 Å². The highest BCUT2D eigenvalue weighted by Crippen LogP contribution is 2.33. The smallest absolute Gasteiger partial charge is 0.164 e. The van der Waals surface area contributed by atoms with E-state index < -0.39 is 0 Å². The number of rotatable bonds is 4. The lowest BCUT2D eigenvalue weighted by Crippen LogP contribution is -2.11. The number of furan rings is 1. The van der Waals surface area contributed by atoms with Crippen LogP contribution in [0.5, 0.6) is 0 Å². The van der Waals surface area contributed by atoms with Crippen molar-refractivity contribution in [1.29, 1.82) is 0 Å². The first-order valence-electron chi connectivity index (χ1n) is 7.57. The zero-order chi connectivity index (χ0) is 15.7. The third-order valence-corrected chi connectivity index (χ3v) is 4.54. The van der Waals surface area contributed by atoms with Gasteiger partial charge in [-0.2, -0.15) is 0 Å². The molecule has 1 N–H and O–H groups in total. The molecule has 116 valence electrons.